The second-order valence-electron chi connectivity index (χ2n) is 5.80. The number of aromatic nitrogens is 2. The van der Waals surface area contributed by atoms with Gasteiger partial charge in [0.2, 0.25) is 10.0 Å². The predicted molar refractivity (Wildman–Crippen MR) is 75.8 cm³/mol. The molecule has 0 radical (unpaired) electrons. The summed E-state index contributed by atoms with van der Waals surface area (Å²) in [5.74, 6) is 0.502. The van der Waals surface area contributed by atoms with Gasteiger partial charge in [-0.2, -0.15) is 5.10 Å². The topological polar surface area (TPSA) is 76.0 Å². The van der Waals surface area contributed by atoms with Gasteiger partial charge in [-0.3, -0.25) is 4.68 Å². The van der Waals surface area contributed by atoms with Gasteiger partial charge in [-0.25, -0.2) is 13.1 Å². The zero-order valence-electron chi connectivity index (χ0n) is 11.7. The second kappa shape index (κ2) is 5.46. The highest BCUT2D eigenvalue weighted by Crippen LogP contribution is 2.34. The zero-order chi connectivity index (χ0) is 14.2. The van der Waals surface area contributed by atoms with E-state index < -0.39 is 10.0 Å². The van der Waals surface area contributed by atoms with Crippen LogP contribution in [0.4, 0.5) is 0 Å². The Balaban J connectivity index is 1.54. The summed E-state index contributed by atoms with van der Waals surface area (Å²) in [5, 5.41) is 7.51. The standard InChI is InChI=1S/C13H22N4O2S/c1-2-10-7-13(10)16-20(18,19)12-8-15-17(9-12)6-5-14-11-3-4-11/h8-11,13-14,16H,2-7H2,1H3. The van der Waals surface area contributed by atoms with E-state index in [1.807, 2.05) is 0 Å². The molecule has 2 aliphatic carbocycles. The minimum atomic E-state index is -3.40. The van der Waals surface area contributed by atoms with E-state index in [0.717, 1.165) is 19.4 Å². The van der Waals surface area contributed by atoms with E-state index in [1.165, 1.54) is 19.0 Å². The molecule has 3 rings (SSSR count). The van der Waals surface area contributed by atoms with Crippen LogP contribution in [0, 0.1) is 5.92 Å². The Morgan fingerprint density at radius 1 is 1.45 bits per heavy atom. The molecule has 7 heteroatoms. The monoisotopic (exact) mass is 298 g/mol. The number of nitrogens with zero attached hydrogens (tertiary/aromatic N) is 2. The van der Waals surface area contributed by atoms with Crippen molar-refractivity contribution in [3.63, 3.8) is 0 Å². The first-order valence-corrected chi connectivity index (χ1v) is 8.85. The van der Waals surface area contributed by atoms with Gasteiger partial charge in [0.25, 0.3) is 0 Å². The van der Waals surface area contributed by atoms with Crippen molar-refractivity contribution in [1.82, 2.24) is 19.8 Å². The minimum Gasteiger partial charge on any atom is -0.312 e. The molecule has 0 spiro atoms. The third kappa shape index (κ3) is 3.39. The highest BCUT2D eigenvalue weighted by Gasteiger charge is 2.38. The van der Waals surface area contributed by atoms with Crippen LogP contribution in [-0.2, 0) is 16.6 Å². The van der Waals surface area contributed by atoms with Gasteiger partial charge >= 0.3 is 0 Å². The van der Waals surface area contributed by atoms with E-state index >= 15 is 0 Å². The molecule has 0 aliphatic heterocycles. The molecule has 1 heterocycles. The highest BCUT2D eigenvalue weighted by molar-refractivity contribution is 7.89. The summed E-state index contributed by atoms with van der Waals surface area (Å²) in [6, 6.07) is 0.779. The van der Waals surface area contributed by atoms with Gasteiger partial charge in [-0.05, 0) is 25.2 Å². The van der Waals surface area contributed by atoms with Gasteiger partial charge < -0.3 is 5.32 Å². The third-order valence-electron chi connectivity index (χ3n) is 4.02. The van der Waals surface area contributed by atoms with E-state index in [-0.39, 0.29) is 10.9 Å². The van der Waals surface area contributed by atoms with Gasteiger partial charge in [0.05, 0.1) is 12.7 Å². The lowest BCUT2D eigenvalue weighted by Crippen LogP contribution is -2.26. The van der Waals surface area contributed by atoms with E-state index in [2.05, 4.69) is 22.1 Å². The lowest BCUT2D eigenvalue weighted by molar-refractivity contribution is 0.551. The van der Waals surface area contributed by atoms with Gasteiger partial charge in [0.15, 0.2) is 0 Å². The molecule has 0 bridgehead atoms. The normalized spacial score (nSPS) is 25.9. The summed E-state index contributed by atoms with van der Waals surface area (Å²) in [6.07, 6.45) is 7.53. The van der Waals surface area contributed by atoms with Gasteiger partial charge in [-0.1, -0.05) is 13.3 Å². The average Bonchev–Trinajstić information content (AvgIpc) is 3.30. The summed E-state index contributed by atoms with van der Waals surface area (Å²) in [6.45, 7) is 3.62. The van der Waals surface area contributed by atoms with Crippen LogP contribution in [0.2, 0.25) is 0 Å². The van der Waals surface area contributed by atoms with Gasteiger partial charge in [-0.15, -0.1) is 0 Å². The maximum atomic E-state index is 12.2. The molecular weight excluding hydrogens is 276 g/mol. The van der Waals surface area contributed by atoms with E-state index in [1.54, 1.807) is 10.9 Å². The largest absolute Gasteiger partial charge is 0.312 e. The van der Waals surface area contributed by atoms with Crippen LogP contribution in [0.1, 0.15) is 32.6 Å². The van der Waals surface area contributed by atoms with E-state index in [0.29, 0.717) is 18.5 Å². The first-order valence-electron chi connectivity index (χ1n) is 7.36. The fourth-order valence-electron chi connectivity index (χ4n) is 2.39. The second-order valence-corrected chi connectivity index (χ2v) is 7.51. The Labute approximate surface area is 120 Å². The maximum absolute atomic E-state index is 12.2. The number of rotatable bonds is 8. The van der Waals surface area contributed by atoms with Crippen molar-refractivity contribution in [3.05, 3.63) is 12.4 Å². The lowest BCUT2D eigenvalue weighted by atomic mass is 10.3. The smallest absolute Gasteiger partial charge is 0.243 e. The number of sulfonamides is 1. The fraction of sp³-hybridized carbons (Fsp3) is 0.769. The Bertz CT molecular complexity index is 565. The molecule has 20 heavy (non-hydrogen) atoms. The van der Waals surface area contributed by atoms with E-state index in [4.69, 9.17) is 0 Å². The van der Waals surface area contributed by atoms with Crippen LogP contribution >= 0.6 is 0 Å². The average molecular weight is 298 g/mol. The van der Waals surface area contributed by atoms with Crippen molar-refractivity contribution in [3.8, 4) is 0 Å². The third-order valence-corrected chi connectivity index (χ3v) is 5.47. The quantitative estimate of drug-likeness (QED) is 0.741. The predicted octanol–water partition coefficient (Wildman–Crippen LogP) is 0.712. The SMILES string of the molecule is CCC1CC1NS(=O)(=O)c1cnn(CCNC2CC2)c1. The molecule has 112 valence electrons. The van der Waals surface area contributed by atoms with E-state index in [9.17, 15) is 8.42 Å². The van der Waals surface area contributed by atoms with Crippen molar-refractivity contribution >= 4 is 10.0 Å². The van der Waals surface area contributed by atoms with Crippen LogP contribution in [0.3, 0.4) is 0 Å². The molecule has 2 fully saturated rings. The Hall–Kier alpha value is -0.920. The molecule has 2 atom stereocenters. The zero-order valence-corrected chi connectivity index (χ0v) is 12.6. The summed E-state index contributed by atoms with van der Waals surface area (Å²) >= 11 is 0. The molecular formula is C13H22N4O2S. The van der Waals surface area contributed by atoms with Crippen LogP contribution in [0.15, 0.2) is 17.3 Å². The Morgan fingerprint density at radius 2 is 2.25 bits per heavy atom. The van der Waals surface area contributed by atoms with Crippen molar-refractivity contribution in [2.45, 2.75) is 56.1 Å². The van der Waals surface area contributed by atoms with Crippen LogP contribution in [0.25, 0.3) is 0 Å². The summed E-state index contributed by atoms with van der Waals surface area (Å²) < 4.78 is 28.8. The summed E-state index contributed by atoms with van der Waals surface area (Å²) in [5.41, 5.74) is 0. The molecule has 2 N–H and O–H groups in total. The maximum Gasteiger partial charge on any atom is 0.243 e. The molecule has 6 nitrogen and oxygen atoms in total. The van der Waals surface area contributed by atoms with Crippen molar-refractivity contribution < 1.29 is 8.42 Å². The minimum absolute atomic E-state index is 0.116. The molecule has 1 aromatic heterocycles. The molecule has 2 aliphatic rings. The number of hydrogen-bond acceptors (Lipinski definition) is 4. The summed E-state index contributed by atoms with van der Waals surface area (Å²) in [4.78, 5) is 0.269. The Kier molecular flexibility index (Phi) is 3.83. The first-order chi connectivity index (χ1) is 9.58. The molecule has 1 aromatic rings. The van der Waals surface area contributed by atoms with Crippen molar-refractivity contribution in [2.24, 2.45) is 5.92 Å². The number of hydrogen-bond donors (Lipinski definition) is 2. The van der Waals surface area contributed by atoms with Gasteiger partial charge in [0.1, 0.15) is 4.90 Å². The Morgan fingerprint density at radius 3 is 2.90 bits per heavy atom. The summed E-state index contributed by atoms with van der Waals surface area (Å²) in [7, 11) is -3.40. The van der Waals surface area contributed by atoms with Crippen LogP contribution in [-0.4, -0.2) is 36.8 Å². The van der Waals surface area contributed by atoms with Crippen molar-refractivity contribution in [2.75, 3.05) is 6.54 Å². The highest BCUT2D eigenvalue weighted by atomic mass is 32.2. The lowest BCUT2D eigenvalue weighted by Gasteiger charge is -2.04. The van der Waals surface area contributed by atoms with Crippen molar-refractivity contribution in [1.29, 1.82) is 0 Å². The van der Waals surface area contributed by atoms with Crippen LogP contribution in [0.5, 0.6) is 0 Å². The molecule has 0 amide bonds. The first kappa shape index (κ1) is 14.0. The molecule has 2 saturated carbocycles. The molecule has 0 aromatic carbocycles. The van der Waals surface area contributed by atoms with Gasteiger partial charge in [0, 0.05) is 24.8 Å². The fourth-order valence-corrected chi connectivity index (χ4v) is 3.66. The number of nitrogens with one attached hydrogen (secondary N) is 2. The molecule has 0 saturated heterocycles. The van der Waals surface area contributed by atoms with Crippen LogP contribution < -0.4 is 10.0 Å². The molecule has 2 unspecified atom stereocenters.